The highest BCUT2D eigenvalue weighted by molar-refractivity contribution is 5.80. The van der Waals surface area contributed by atoms with Crippen molar-refractivity contribution in [2.45, 2.75) is 6.92 Å². The fourth-order valence-corrected chi connectivity index (χ4v) is 0.985. The molecule has 0 aliphatic heterocycles. The predicted octanol–water partition coefficient (Wildman–Crippen LogP) is 0.972. The quantitative estimate of drug-likeness (QED) is 0.586. The monoisotopic (exact) mass is 149 g/mol. The summed E-state index contributed by atoms with van der Waals surface area (Å²) in [6.07, 6.45) is 3.15. The largest absolute Gasteiger partial charge is 0.504 e. The van der Waals surface area contributed by atoms with Crippen molar-refractivity contribution in [3.05, 3.63) is 18.2 Å². The van der Waals surface area contributed by atoms with E-state index in [-0.39, 0.29) is 5.75 Å². The van der Waals surface area contributed by atoms with Crippen LogP contribution in [-0.4, -0.2) is 20.1 Å². The average molecular weight is 149 g/mol. The molecule has 2 rings (SSSR count). The van der Waals surface area contributed by atoms with Gasteiger partial charge < -0.3 is 10.1 Å². The van der Waals surface area contributed by atoms with E-state index in [1.165, 1.54) is 6.20 Å². The maximum absolute atomic E-state index is 9.21. The lowest BCUT2D eigenvalue weighted by Crippen LogP contribution is -1.85. The summed E-state index contributed by atoms with van der Waals surface area (Å²) in [5, 5.41) is 9.21. The lowest BCUT2D eigenvalue weighted by molar-refractivity contribution is 0.480. The van der Waals surface area contributed by atoms with Gasteiger partial charge in [0.1, 0.15) is 11.3 Å². The number of aromatic hydroxyl groups is 1. The first-order valence-electron chi connectivity index (χ1n) is 3.27. The Hall–Kier alpha value is -1.58. The van der Waals surface area contributed by atoms with E-state index in [0.717, 1.165) is 5.52 Å². The molecule has 0 unspecified atom stereocenters. The van der Waals surface area contributed by atoms with Crippen LogP contribution >= 0.6 is 0 Å². The minimum atomic E-state index is 0.172. The van der Waals surface area contributed by atoms with Gasteiger partial charge in [-0.15, -0.1) is 0 Å². The van der Waals surface area contributed by atoms with Gasteiger partial charge in [-0.25, -0.2) is 9.97 Å². The standard InChI is InChI=1S/C7H7N3O/c1-4-8-2-5-7(10-4)6(11)3-9-5/h2-3,9,11H,1H3. The van der Waals surface area contributed by atoms with E-state index in [1.807, 2.05) is 0 Å². The molecule has 0 saturated carbocycles. The van der Waals surface area contributed by atoms with Crippen LogP contribution in [0.25, 0.3) is 11.0 Å². The molecule has 2 aromatic heterocycles. The molecule has 0 saturated heterocycles. The van der Waals surface area contributed by atoms with Gasteiger partial charge in [0.25, 0.3) is 0 Å². The second kappa shape index (κ2) is 1.95. The van der Waals surface area contributed by atoms with Gasteiger partial charge in [0.2, 0.25) is 0 Å². The molecular formula is C7H7N3O. The average Bonchev–Trinajstić information content (AvgIpc) is 2.33. The van der Waals surface area contributed by atoms with Crippen LogP contribution in [0.4, 0.5) is 0 Å². The second-order valence-corrected chi connectivity index (χ2v) is 2.35. The van der Waals surface area contributed by atoms with E-state index in [4.69, 9.17) is 0 Å². The maximum Gasteiger partial charge on any atom is 0.159 e. The minimum absolute atomic E-state index is 0.172. The first-order valence-corrected chi connectivity index (χ1v) is 3.27. The first-order chi connectivity index (χ1) is 5.27. The summed E-state index contributed by atoms with van der Waals surface area (Å²) < 4.78 is 0. The van der Waals surface area contributed by atoms with Crippen molar-refractivity contribution in [1.82, 2.24) is 15.0 Å². The number of nitrogens with zero attached hydrogens (tertiary/aromatic N) is 2. The van der Waals surface area contributed by atoms with E-state index in [2.05, 4.69) is 15.0 Å². The van der Waals surface area contributed by atoms with E-state index in [0.29, 0.717) is 11.3 Å². The van der Waals surface area contributed by atoms with Gasteiger partial charge in [-0.05, 0) is 6.92 Å². The number of hydrogen-bond acceptors (Lipinski definition) is 3. The Morgan fingerprint density at radius 1 is 1.55 bits per heavy atom. The highest BCUT2D eigenvalue weighted by Gasteiger charge is 2.02. The molecule has 0 aromatic carbocycles. The van der Waals surface area contributed by atoms with Gasteiger partial charge in [0.15, 0.2) is 5.75 Å². The number of H-pyrrole nitrogens is 1. The van der Waals surface area contributed by atoms with Crippen molar-refractivity contribution in [2.24, 2.45) is 0 Å². The summed E-state index contributed by atoms with van der Waals surface area (Å²) in [5.74, 6) is 0.831. The van der Waals surface area contributed by atoms with Crippen LogP contribution in [0.5, 0.6) is 5.75 Å². The molecule has 2 aromatic rings. The van der Waals surface area contributed by atoms with Crippen LogP contribution in [0.3, 0.4) is 0 Å². The zero-order valence-electron chi connectivity index (χ0n) is 6.00. The third kappa shape index (κ3) is 0.832. The Kier molecular flexibility index (Phi) is 1.09. The Bertz CT molecular complexity index is 393. The van der Waals surface area contributed by atoms with Crippen LogP contribution in [0, 0.1) is 6.92 Å². The molecule has 0 aliphatic rings. The van der Waals surface area contributed by atoms with E-state index >= 15 is 0 Å². The summed E-state index contributed by atoms with van der Waals surface area (Å²) in [6.45, 7) is 1.78. The molecule has 0 fully saturated rings. The lowest BCUT2D eigenvalue weighted by Gasteiger charge is -1.90. The molecule has 0 bridgehead atoms. The minimum Gasteiger partial charge on any atom is -0.504 e. The molecule has 0 amide bonds. The smallest absolute Gasteiger partial charge is 0.159 e. The fourth-order valence-electron chi connectivity index (χ4n) is 0.985. The van der Waals surface area contributed by atoms with E-state index < -0.39 is 0 Å². The van der Waals surface area contributed by atoms with Crippen molar-refractivity contribution < 1.29 is 5.11 Å². The van der Waals surface area contributed by atoms with Gasteiger partial charge in [-0.3, -0.25) is 0 Å². The summed E-state index contributed by atoms with van der Waals surface area (Å²) in [4.78, 5) is 10.9. The van der Waals surface area contributed by atoms with E-state index in [1.54, 1.807) is 13.1 Å². The molecule has 2 heterocycles. The molecule has 4 heteroatoms. The molecule has 0 aliphatic carbocycles. The van der Waals surface area contributed by atoms with Gasteiger partial charge in [0.05, 0.1) is 11.7 Å². The topological polar surface area (TPSA) is 61.8 Å². The summed E-state index contributed by atoms with van der Waals surface area (Å²) in [5.41, 5.74) is 1.34. The van der Waals surface area contributed by atoms with Crippen LogP contribution in [-0.2, 0) is 0 Å². The first kappa shape index (κ1) is 6.15. The Morgan fingerprint density at radius 2 is 2.36 bits per heavy atom. The number of nitrogens with one attached hydrogen (secondary N) is 1. The zero-order chi connectivity index (χ0) is 7.84. The third-order valence-electron chi connectivity index (χ3n) is 1.52. The maximum atomic E-state index is 9.21. The zero-order valence-corrected chi connectivity index (χ0v) is 6.00. The SMILES string of the molecule is Cc1ncc2[nH]cc(O)c2n1. The van der Waals surface area contributed by atoms with Crippen LogP contribution in [0.15, 0.2) is 12.4 Å². The van der Waals surface area contributed by atoms with Crippen LogP contribution in [0.1, 0.15) is 5.82 Å². The predicted molar refractivity (Wildman–Crippen MR) is 40.3 cm³/mol. The highest BCUT2D eigenvalue weighted by atomic mass is 16.3. The lowest BCUT2D eigenvalue weighted by atomic mass is 10.4. The van der Waals surface area contributed by atoms with Crippen LogP contribution in [0.2, 0.25) is 0 Å². The molecular weight excluding hydrogens is 142 g/mol. The van der Waals surface area contributed by atoms with Gasteiger partial charge in [-0.2, -0.15) is 0 Å². The summed E-state index contributed by atoms with van der Waals surface area (Å²) in [6, 6.07) is 0. The Labute approximate surface area is 62.9 Å². The van der Waals surface area contributed by atoms with Gasteiger partial charge in [-0.1, -0.05) is 0 Å². The van der Waals surface area contributed by atoms with Gasteiger partial charge in [0, 0.05) is 6.20 Å². The molecule has 0 spiro atoms. The number of rotatable bonds is 0. The number of hydrogen-bond donors (Lipinski definition) is 2. The fraction of sp³-hybridized carbons (Fsp3) is 0.143. The number of aromatic amines is 1. The number of fused-ring (bicyclic) bond motifs is 1. The normalized spacial score (nSPS) is 10.6. The van der Waals surface area contributed by atoms with Crippen molar-refractivity contribution in [3.8, 4) is 5.75 Å². The molecule has 0 atom stereocenters. The van der Waals surface area contributed by atoms with Crippen molar-refractivity contribution in [1.29, 1.82) is 0 Å². The van der Waals surface area contributed by atoms with Crippen molar-refractivity contribution in [3.63, 3.8) is 0 Å². The van der Waals surface area contributed by atoms with Crippen molar-refractivity contribution >= 4 is 11.0 Å². The van der Waals surface area contributed by atoms with Gasteiger partial charge >= 0.3 is 0 Å². The molecule has 11 heavy (non-hydrogen) atoms. The molecule has 4 nitrogen and oxygen atoms in total. The number of aromatic nitrogens is 3. The Balaban J connectivity index is 2.87. The molecule has 2 N–H and O–H groups in total. The van der Waals surface area contributed by atoms with E-state index in [9.17, 15) is 5.11 Å². The number of aryl methyl sites for hydroxylation is 1. The Morgan fingerprint density at radius 3 is 3.18 bits per heavy atom. The molecule has 56 valence electrons. The van der Waals surface area contributed by atoms with Crippen LogP contribution < -0.4 is 0 Å². The second-order valence-electron chi connectivity index (χ2n) is 2.35. The highest BCUT2D eigenvalue weighted by Crippen LogP contribution is 2.20. The third-order valence-corrected chi connectivity index (χ3v) is 1.52. The molecule has 0 radical (unpaired) electrons. The summed E-state index contributed by atoms with van der Waals surface area (Å²) >= 11 is 0. The van der Waals surface area contributed by atoms with Crippen molar-refractivity contribution in [2.75, 3.05) is 0 Å². The summed E-state index contributed by atoms with van der Waals surface area (Å²) in [7, 11) is 0.